The molecule has 1 aromatic carbocycles. The normalized spacial score (nSPS) is 32.9. The van der Waals surface area contributed by atoms with E-state index in [-0.39, 0.29) is 29.8 Å². The Morgan fingerprint density at radius 2 is 1.92 bits per heavy atom. The van der Waals surface area contributed by atoms with Gasteiger partial charge in [-0.25, -0.2) is 0 Å². The molecule has 1 spiro atoms. The number of aromatic nitrogens is 1. The third kappa shape index (κ3) is 4.59. The highest BCUT2D eigenvalue weighted by atomic mass is 19.4. The van der Waals surface area contributed by atoms with Gasteiger partial charge in [0.25, 0.3) is 0 Å². The van der Waals surface area contributed by atoms with Gasteiger partial charge in [0.2, 0.25) is 0 Å². The number of nitrogens with zero attached hydrogens (tertiary/aromatic N) is 1. The molecule has 2 aliphatic heterocycles. The van der Waals surface area contributed by atoms with Crippen LogP contribution in [0.25, 0.3) is 17.2 Å². The van der Waals surface area contributed by atoms with Gasteiger partial charge >= 0.3 is 12.1 Å². The smallest absolute Gasteiger partial charge is 0.416 e. The molecule has 6 atom stereocenters. The third-order valence-electron chi connectivity index (χ3n) is 8.77. The van der Waals surface area contributed by atoms with Crippen LogP contribution in [0, 0.1) is 29.6 Å². The molecular formula is C29H30F3NO4. The van der Waals surface area contributed by atoms with Gasteiger partial charge in [0.15, 0.2) is 5.79 Å². The number of halogens is 3. The molecule has 2 saturated carbocycles. The molecule has 8 heteroatoms. The molecule has 2 aromatic rings. The first-order valence-electron chi connectivity index (χ1n) is 13.0. The maximum Gasteiger partial charge on any atom is 0.416 e. The summed E-state index contributed by atoms with van der Waals surface area (Å²) in [6.07, 6.45) is 4.64. The minimum absolute atomic E-state index is 0.0888. The van der Waals surface area contributed by atoms with Gasteiger partial charge in [0, 0.05) is 30.5 Å². The van der Waals surface area contributed by atoms with Crippen LogP contribution in [0.1, 0.15) is 43.9 Å². The fourth-order valence-electron chi connectivity index (χ4n) is 7.06. The lowest BCUT2D eigenvalue weighted by Gasteiger charge is -2.49. The lowest BCUT2D eigenvalue weighted by Crippen LogP contribution is -2.49. The number of allylic oxidation sites excluding steroid dienone is 1. The molecule has 3 heterocycles. The number of esters is 1. The van der Waals surface area contributed by atoms with Crippen molar-refractivity contribution < 1.29 is 32.2 Å². The second kappa shape index (κ2) is 9.24. The highest BCUT2D eigenvalue weighted by Crippen LogP contribution is 2.56. The Hall–Kier alpha value is -2.71. The van der Waals surface area contributed by atoms with Gasteiger partial charge in [-0.05, 0) is 67.4 Å². The number of carbonyl (C=O) groups is 1. The summed E-state index contributed by atoms with van der Waals surface area (Å²) in [5.74, 6) is 0.214. The molecular weight excluding hydrogens is 483 g/mol. The number of alkyl halides is 3. The van der Waals surface area contributed by atoms with Crippen LogP contribution in [0.3, 0.4) is 0 Å². The van der Waals surface area contributed by atoms with Gasteiger partial charge in [-0.1, -0.05) is 24.3 Å². The van der Waals surface area contributed by atoms with Crippen molar-refractivity contribution in [3.8, 4) is 11.1 Å². The fraction of sp³-hybridized carbons (Fsp3) is 0.517. The number of rotatable bonds is 3. The van der Waals surface area contributed by atoms with Crippen molar-refractivity contribution in [2.75, 3.05) is 13.2 Å². The first-order chi connectivity index (χ1) is 17.7. The van der Waals surface area contributed by atoms with Crippen LogP contribution >= 0.6 is 0 Å². The minimum Gasteiger partial charge on any atom is -0.462 e. The number of ether oxygens (including phenoxy) is 3. The second-order valence-corrected chi connectivity index (χ2v) is 10.8. The van der Waals surface area contributed by atoms with Crippen LogP contribution in [0.15, 0.2) is 48.7 Å². The quantitative estimate of drug-likeness (QED) is 0.462. The topological polar surface area (TPSA) is 57.7 Å². The Balaban J connectivity index is 1.26. The fourth-order valence-corrected chi connectivity index (χ4v) is 7.06. The van der Waals surface area contributed by atoms with Crippen LogP contribution < -0.4 is 0 Å². The molecule has 5 nitrogen and oxygen atoms in total. The van der Waals surface area contributed by atoms with E-state index < -0.39 is 17.5 Å². The summed E-state index contributed by atoms with van der Waals surface area (Å²) in [5.41, 5.74) is 1.12. The van der Waals surface area contributed by atoms with Crippen LogP contribution in [0.5, 0.6) is 0 Å². The second-order valence-electron chi connectivity index (χ2n) is 10.8. The van der Waals surface area contributed by atoms with E-state index in [2.05, 4.69) is 11.1 Å². The van der Waals surface area contributed by atoms with Gasteiger partial charge in [0.05, 0.1) is 30.4 Å². The van der Waals surface area contributed by atoms with E-state index in [1.165, 1.54) is 6.07 Å². The average molecular weight is 514 g/mol. The molecule has 0 bridgehead atoms. The summed E-state index contributed by atoms with van der Waals surface area (Å²) in [7, 11) is 0. The Morgan fingerprint density at radius 3 is 2.65 bits per heavy atom. The van der Waals surface area contributed by atoms with E-state index in [1.807, 2.05) is 19.1 Å². The standard InChI is InChI=1S/C29H30F3NO4/c1-17-26-23(25-15-28(35-11-12-36-28)10-9-19(25)14-24(26)27(34)37-17)8-7-22-6-5-20(16-33-22)18-3-2-4-21(13-18)29(30,31)32/h2-8,13,16-17,19,23-26H,9-12,14-15H2,1H3/b8-7+/t17-,19?,23+,24?,25?,26?/m0/s1. The summed E-state index contributed by atoms with van der Waals surface area (Å²) in [6.45, 7) is 3.21. The van der Waals surface area contributed by atoms with Crippen molar-refractivity contribution >= 4 is 12.0 Å². The van der Waals surface area contributed by atoms with Gasteiger partial charge in [-0.3, -0.25) is 9.78 Å². The SMILES string of the molecule is C[C@@H]1OC(=O)C2CC3CCC4(CC3[C@@H](/C=C/c3ccc(-c5cccc(C(F)(F)F)c5)cn3)C21)OCCO4. The minimum atomic E-state index is -4.39. The molecule has 196 valence electrons. The van der Waals surface area contributed by atoms with Crippen molar-refractivity contribution in [3.63, 3.8) is 0 Å². The number of fused-ring (bicyclic) bond motifs is 2. The van der Waals surface area contributed by atoms with E-state index in [0.717, 1.165) is 37.8 Å². The summed E-state index contributed by atoms with van der Waals surface area (Å²) in [4.78, 5) is 17.2. The average Bonchev–Trinajstić information content (AvgIpc) is 3.45. The summed E-state index contributed by atoms with van der Waals surface area (Å²) >= 11 is 0. The van der Waals surface area contributed by atoms with E-state index in [9.17, 15) is 18.0 Å². The van der Waals surface area contributed by atoms with Crippen molar-refractivity contribution in [1.29, 1.82) is 0 Å². The predicted molar refractivity (Wildman–Crippen MR) is 130 cm³/mol. The monoisotopic (exact) mass is 513 g/mol. The molecule has 0 N–H and O–H groups in total. The largest absolute Gasteiger partial charge is 0.462 e. The Morgan fingerprint density at radius 1 is 1.11 bits per heavy atom. The van der Waals surface area contributed by atoms with Crippen molar-refractivity contribution in [2.24, 2.45) is 29.6 Å². The molecule has 0 amide bonds. The summed E-state index contributed by atoms with van der Waals surface area (Å²) in [5, 5.41) is 0. The van der Waals surface area contributed by atoms with Gasteiger partial charge < -0.3 is 14.2 Å². The van der Waals surface area contributed by atoms with Crippen molar-refractivity contribution in [3.05, 3.63) is 59.9 Å². The van der Waals surface area contributed by atoms with Crippen molar-refractivity contribution in [2.45, 2.75) is 50.7 Å². The molecule has 2 aliphatic carbocycles. The molecule has 2 saturated heterocycles. The summed E-state index contributed by atoms with van der Waals surface area (Å²) in [6, 6.07) is 8.86. The lowest BCUT2D eigenvalue weighted by atomic mass is 9.56. The highest BCUT2D eigenvalue weighted by molar-refractivity contribution is 5.75. The summed E-state index contributed by atoms with van der Waals surface area (Å²) < 4.78 is 57.1. The van der Waals surface area contributed by atoms with Crippen LogP contribution in [-0.4, -0.2) is 36.1 Å². The van der Waals surface area contributed by atoms with Crippen LogP contribution in [0.2, 0.25) is 0 Å². The first-order valence-corrected chi connectivity index (χ1v) is 13.0. The molecule has 37 heavy (non-hydrogen) atoms. The zero-order chi connectivity index (χ0) is 25.8. The number of carbonyl (C=O) groups excluding carboxylic acids is 1. The van der Waals surface area contributed by atoms with E-state index in [4.69, 9.17) is 14.2 Å². The molecule has 0 radical (unpaired) electrons. The number of cyclic esters (lactones) is 1. The maximum absolute atomic E-state index is 13.1. The lowest BCUT2D eigenvalue weighted by molar-refractivity contribution is -0.206. The highest BCUT2D eigenvalue weighted by Gasteiger charge is 2.57. The molecule has 4 fully saturated rings. The van der Waals surface area contributed by atoms with Crippen LogP contribution in [0.4, 0.5) is 13.2 Å². The number of benzene rings is 1. The van der Waals surface area contributed by atoms with Gasteiger partial charge in [-0.2, -0.15) is 13.2 Å². The van der Waals surface area contributed by atoms with Crippen molar-refractivity contribution in [1.82, 2.24) is 4.98 Å². The van der Waals surface area contributed by atoms with Gasteiger partial charge in [0.1, 0.15) is 6.10 Å². The van der Waals surface area contributed by atoms with Gasteiger partial charge in [-0.15, -0.1) is 0 Å². The molecule has 4 aliphatic rings. The number of hydrogen-bond donors (Lipinski definition) is 0. The van der Waals surface area contributed by atoms with E-state index in [1.54, 1.807) is 18.3 Å². The zero-order valence-electron chi connectivity index (χ0n) is 20.6. The number of pyridine rings is 1. The molecule has 6 rings (SSSR count). The Bertz CT molecular complexity index is 1190. The zero-order valence-corrected chi connectivity index (χ0v) is 20.6. The van der Waals surface area contributed by atoms with E-state index >= 15 is 0 Å². The molecule has 1 aromatic heterocycles. The number of hydrogen-bond acceptors (Lipinski definition) is 5. The van der Waals surface area contributed by atoms with Crippen LogP contribution in [-0.2, 0) is 25.2 Å². The third-order valence-corrected chi connectivity index (χ3v) is 8.77. The molecule has 4 unspecified atom stereocenters. The maximum atomic E-state index is 13.1. The predicted octanol–water partition coefficient (Wildman–Crippen LogP) is 6.14. The van der Waals surface area contributed by atoms with E-state index in [0.29, 0.717) is 41.9 Å². The Kier molecular flexibility index (Phi) is 6.15. The Labute approximate surface area is 214 Å². The first kappa shape index (κ1) is 24.6.